The van der Waals surface area contributed by atoms with Gasteiger partial charge in [-0.3, -0.25) is 4.79 Å². The summed E-state index contributed by atoms with van der Waals surface area (Å²) in [6, 6.07) is 5.15. The van der Waals surface area contributed by atoms with Gasteiger partial charge < -0.3 is 15.7 Å². The Morgan fingerprint density at radius 2 is 2.11 bits per heavy atom. The standard InChI is InChI=1S/C13H19ClN2O2/c1-15-13(18)10-5-6-11(14)12(9-10)16-7-3-2-4-8-17/h5-6,9,16-17H,2-4,7-8H2,1H3,(H,15,18). The molecular weight excluding hydrogens is 252 g/mol. The number of unbranched alkanes of at least 4 members (excludes halogenated alkanes) is 2. The molecule has 0 aliphatic heterocycles. The SMILES string of the molecule is CNC(=O)c1ccc(Cl)c(NCCCCCO)c1. The Kier molecular flexibility index (Phi) is 6.54. The summed E-state index contributed by atoms with van der Waals surface area (Å²) in [6.07, 6.45) is 2.74. The fourth-order valence-corrected chi connectivity index (χ4v) is 1.77. The van der Waals surface area contributed by atoms with E-state index in [0.29, 0.717) is 10.6 Å². The number of halogens is 1. The van der Waals surface area contributed by atoms with Crippen molar-refractivity contribution in [2.75, 3.05) is 25.5 Å². The largest absolute Gasteiger partial charge is 0.396 e. The predicted molar refractivity (Wildman–Crippen MR) is 74.3 cm³/mol. The second kappa shape index (κ2) is 7.95. The number of carbonyl (C=O) groups is 1. The molecule has 18 heavy (non-hydrogen) atoms. The Morgan fingerprint density at radius 1 is 1.33 bits per heavy atom. The smallest absolute Gasteiger partial charge is 0.251 e. The fourth-order valence-electron chi connectivity index (χ4n) is 1.58. The zero-order chi connectivity index (χ0) is 13.4. The van der Waals surface area contributed by atoms with E-state index in [2.05, 4.69) is 10.6 Å². The first-order valence-electron chi connectivity index (χ1n) is 6.05. The van der Waals surface area contributed by atoms with Crippen molar-refractivity contribution in [3.05, 3.63) is 28.8 Å². The number of rotatable bonds is 7. The van der Waals surface area contributed by atoms with Crippen molar-refractivity contribution in [1.29, 1.82) is 0 Å². The molecule has 0 bridgehead atoms. The number of amides is 1. The highest BCUT2D eigenvalue weighted by Gasteiger charge is 2.06. The summed E-state index contributed by atoms with van der Waals surface area (Å²) in [5.74, 6) is -0.130. The molecule has 1 aromatic rings. The maximum absolute atomic E-state index is 11.5. The molecule has 0 spiro atoms. The monoisotopic (exact) mass is 270 g/mol. The summed E-state index contributed by atoms with van der Waals surface area (Å²) < 4.78 is 0. The summed E-state index contributed by atoms with van der Waals surface area (Å²) in [5.41, 5.74) is 1.35. The molecule has 100 valence electrons. The van der Waals surface area contributed by atoms with Crippen molar-refractivity contribution in [2.24, 2.45) is 0 Å². The lowest BCUT2D eigenvalue weighted by Crippen LogP contribution is -2.18. The van der Waals surface area contributed by atoms with E-state index >= 15 is 0 Å². The van der Waals surface area contributed by atoms with Gasteiger partial charge in [0.1, 0.15) is 0 Å². The van der Waals surface area contributed by atoms with E-state index in [-0.39, 0.29) is 12.5 Å². The predicted octanol–water partition coefficient (Wildman–Crippen LogP) is 2.27. The number of anilines is 1. The number of aliphatic hydroxyl groups excluding tert-OH is 1. The van der Waals surface area contributed by atoms with Crippen LogP contribution in [0.15, 0.2) is 18.2 Å². The minimum Gasteiger partial charge on any atom is -0.396 e. The van der Waals surface area contributed by atoms with Crippen LogP contribution in [-0.2, 0) is 0 Å². The molecule has 0 aromatic heterocycles. The Bertz CT molecular complexity index is 397. The van der Waals surface area contributed by atoms with Crippen LogP contribution in [0.5, 0.6) is 0 Å². The topological polar surface area (TPSA) is 61.4 Å². The van der Waals surface area contributed by atoms with E-state index < -0.39 is 0 Å². The summed E-state index contributed by atoms with van der Waals surface area (Å²) >= 11 is 6.05. The van der Waals surface area contributed by atoms with Gasteiger partial charge in [0.05, 0.1) is 10.7 Å². The third-order valence-corrected chi connectivity index (χ3v) is 2.94. The highest BCUT2D eigenvalue weighted by atomic mass is 35.5. The van der Waals surface area contributed by atoms with Crippen molar-refractivity contribution in [2.45, 2.75) is 19.3 Å². The van der Waals surface area contributed by atoms with Crippen LogP contribution in [0.4, 0.5) is 5.69 Å². The Labute approximate surface area is 112 Å². The molecule has 4 nitrogen and oxygen atoms in total. The van der Waals surface area contributed by atoms with Crippen molar-refractivity contribution >= 4 is 23.2 Å². The molecule has 0 aliphatic rings. The summed E-state index contributed by atoms with van der Waals surface area (Å²) in [7, 11) is 1.60. The van der Waals surface area contributed by atoms with Crippen LogP contribution in [0.2, 0.25) is 5.02 Å². The molecular formula is C13H19ClN2O2. The van der Waals surface area contributed by atoms with Gasteiger partial charge in [-0.05, 0) is 37.5 Å². The quantitative estimate of drug-likeness (QED) is 0.666. The molecule has 0 atom stereocenters. The van der Waals surface area contributed by atoms with Crippen LogP contribution < -0.4 is 10.6 Å². The molecule has 0 heterocycles. The molecule has 0 radical (unpaired) electrons. The molecule has 0 saturated heterocycles. The van der Waals surface area contributed by atoms with Gasteiger partial charge in [0.25, 0.3) is 5.91 Å². The van der Waals surface area contributed by atoms with Crippen LogP contribution in [0.3, 0.4) is 0 Å². The van der Waals surface area contributed by atoms with Gasteiger partial charge in [-0.15, -0.1) is 0 Å². The lowest BCUT2D eigenvalue weighted by molar-refractivity contribution is 0.0963. The molecule has 1 rings (SSSR count). The van der Waals surface area contributed by atoms with E-state index in [9.17, 15) is 4.79 Å². The van der Waals surface area contributed by atoms with E-state index in [4.69, 9.17) is 16.7 Å². The highest BCUT2D eigenvalue weighted by Crippen LogP contribution is 2.23. The Hall–Kier alpha value is -1.26. The van der Waals surface area contributed by atoms with E-state index in [1.54, 1.807) is 25.2 Å². The third kappa shape index (κ3) is 4.55. The zero-order valence-corrected chi connectivity index (χ0v) is 11.3. The van der Waals surface area contributed by atoms with Crippen molar-refractivity contribution in [1.82, 2.24) is 5.32 Å². The maximum atomic E-state index is 11.5. The second-order valence-corrected chi connectivity index (χ2v) is 4.39. The summed E-state index contributed by atoms with van der Waals surface area (Å²) in [4.78, 5) is 11.5. The number of aliphatic hydroxyl groups is 1. The van der Waals surface area contributed by atoms with Crippen molar-refractivity contribution in [3.8, 4) is 0 Å². The normalized spacial score (nSPS) is 10.2. The summed E-state index contributed by atoms with van der Waals surface area (Å²) in [6.45, 7) is 1.00. The van der Waals surface area contributed by atoms with Gasteiger partial charge in [0.2, 0.25) is 0 Å². The van der Waals surface area contributed by atoms with Gasteiger partial charge >= 0.3 is 0 Å². The lowest BCUT2D eigenvalue weighted by Gasteiger charge is -2.10. The number of hydrogen-bond acceptors (Lipinski definition) is 3. The van der Waals surface area contributed by atoms with Gasteiger partial charge in [-0.1, -0.05) is 11.6 Å². The first kappa shape index (κ1) is 14.8. The molecule has 5 heteroatoms. The third-order valence-electron chi connectivity index (χ3n) is 2.61. The van der Waals surface area contributed by atoms with Crippen LogP contribution in [0.25, 0.3) is 0 Å². The average molecular weight is 271 g/mol. The lowest BCUT2D eigenvalue weighted by atomic mass is 10.2. The Morgan fingerprint density at radius 3 is 2.78 bits per heavy atom. The molecule has 0 fully saturated rings. The summed E-state index contributed by atoms with van der Waals surface area (Å²) in [5, 5.41) is 15.0. The molecule has 0 aliphatic carbocycles. The molecule has 1 aromatic carbocycles. The molecule has 1 amide bonds. The number of hydrogen-bond donors (Lipinski definition) is 3. The molecule has 0 saturated carbocycles. The minimum atomic E-state index is -0.130. The van der Waals surface area contributed by atoms with Crippen molar-refractivity contribution < 1.29 is 9.90 Å². The molecule has 0 unspecified atom stereocenters. The highest BCUT2D eigenvalue weighted by molar-refractivity contribution is 6.33. The van der Waals surface area contributed by atoms with E-state index in [0.717, 1.165) is 31.5 Å². The number of carbonyl (C=O) groups excluding carboxylic acids is 1. The van der Waals surface area contributed by atoms with Crippen LogP contribution in [0, 0.1) is 0 Å². The fraction of sp³-hybridized carbons (Fsp3) is 0.462. The minimum absolute atomic E-state index is 0.130. The van der Waals surface area contributed by atoms with E-state index in [1.807, 2.05) is 0 Å². The van der Waals surface area contributed by atoms with Crippen molar-refractivity contribution in [3.63, 3.8) is 0 Å². The first-order chi connectivity index (χ1) is 8.69. The van der Waals surface area contributed by atoms with Crippen LogP contribution in [-0.4, -0.2) is 31.2 Å². The van der Waals surface area contributed by atoms with Gasteiger partial charge in [-0.2, -0.15) is 0 Å². The first-order valence-corrected chi connectivity index (χ1v) is 6.43. The van der Waals surface area contributed by atoms with Gasteiger partial charge in [0, 0.05) is 25.8 Å². The van der Waals surface area contributed by atoms with Crippen LogP contribution >= 0.6 is 11.6 Å². The maximum Gasteiger partial charge on any atom is 0.251 e. The van der Waals surface area contributed by atoms with Gasteiger partial charge in [-0.25, -0.2) is 0 Å². The Balaban J connectivity index is 2.56. The number of nitrogens with one attached hydrogen (secondary N) is 2. The van der Waals surface area contributed by atoms with Crippen LogP contribution in [0.1, 0.15) is 29.6 Å². The van der Waals surface area contributed by atoms with E-state index in [1.165, 1.54) is 0 Å². The molecule has 3 N–H and O–H groups in total. The van der Waals surface area contributed by atoms with Gasteiger partial charge in [0.15, 0.2) is 0 Å². The zero-order valence-electron chi connectivity index (χ0n) is 10.5. The second-order valence-electron chi connectivity index (χ2n) is 3.98. The number of benzene rings is 1. The average Bonchev–Trinajstić information content (AvgIpc) is 2.39.